The van der Waals surface area contributed by atoms with Gasteiger partial charge in [0.2, 0.25) is 0 Å². The van der Waals surface area contributed by atoms with E-state index in [-0.39, 0.29) is 40.4 Å². The Kier molecular flexibility index (Phi) is 11.8. The molecule has 3 rings (SSSR count). The lowest BCUT2D eigenvalue weighted by Gasteiger charge is -2.29. The molecular formula is C32H37Cl2FN4O3. The molecule has 10 heteroatoms. The van der Waals surface area contributed by atoms with E-state index in [0.717, 1.165) is 37.9 Å². The van der Waals surface area contributed by atoms with Gasteiger partial charge in [0.05, 0.1) is 23.9 Å². The molecular weight excluding hydrogens is 578 g/mol. The van der Waals surface area contributed by atoms with Crippen molar-refractivity contribution < 1.29 is 18.7 Å². The van der Waals surface area contributed by atoms with E-state index in [1.807, 2.05) is 11.8 Å². The van der Waals surface area contributed by atoms with Crippen LogP contribution in [-0.2, 0) is 4.79 Å². The minimum atomic E-state index is -0.747. The zero-order valence-corrected chi connectivity index (χ0v) is 25.9. The average Bonchev–Trinajstić information content (AvgIpc) is 2.97. The first-order valence-electron chi connectivity index (χ1n) is 13.8. The topological polar surface area (TPSA) is 94.5 Å². The Morgan fingerprint density at radius 1 is 1.12 bits per heavy atom. The number of hydrogen-bond donors (Lipinski definition) is 3. The number of rotatable bonds is 10. The van der Waals surface area contributed by atoms with Gasteiger partial charge in [-0.05, 0) is 80.5 Å². The number of halogens is 3. The maximum Gasteiger partial charge on any atom is 0.258 e. The maximum atomic E-state index is 15.6. The number of allylic oxidation sites excluding steroid dienone is 3. The van der Waals surface area contributed by atoms with Crippen LogP contribution in [0.1, 0.15) is 60.5 Å². The van der Waals surface area contributed by atoms with E-state index in [4.69, 9.17) is 33.3 Å². The van der Waals surface area contributed by atoms with Gasteiger partial charge in [0, 0.05) is 41.3 Å². The average molecular weight is 616 g/mol. The highest BCUT2D eigenvalue weighted by atomic mass is 35.5. The summed E-state index contributed by atoms with van der Waals surface area (Å²) in [4.78, 5) is 28.9. The monoisotopic (exact) mass is 614 g/mol. The minimum absolute atomic E-state index is 0.0612. The normalized spacial score (nSPS) is 14.2. The second-order valence-electron chi connectivity index (χ2n) is 10.1. The summed E-state index contributed by atoms with van der Waals surface area (Å²) in [6.07, 6.45) is 6.20. The number of hydrogen-bond acceptors (Lipinski definition) is 4. The summed E-state index contributed by atoms with van der Waals surface area (Å²) in [5.41, 5.74) is 2.17. The molecule has 0 bridgehead atoms. The van der Waals surface area contributed by atoms with Crippen molar-refractivity contribution >= 4 is 52.2 Å². The summed E-state index contributed by atoms with van der Waals surface area (Å²) in [5, 5.41) is 14.8. The SMILES string of the molecule is C=C/C(=C\C(F)=C(/CC)C(=O)Nc1c(OC)cc(Cl)c(C)c1C(=O)Nc1ccc(Cl)c(C)c1)CC(=N)N1CCCCC1. The molecule has 1 fully saturated rings. The van der Waals surface area contributed by atoms with E-state index >= 15 is 4.39 Å². The zero-order valence-electron chi connectivity index (χ0n) is 24.4. The highest BCUT2D eigenvalue weighted by molar-refractivity contribution is 6.33. The van der Waals surface area contributed by atoms with E-state index in [1.165, 1.54) is 25.3 Å². The van der Waals surface area contributed by atoms with Crippen LogP contribution in [0.15, 0.2) is 60.0 Å². The second-order valence-corrected chi connectivity index (χ2v) is 10.9. The van der Waals surface area contributed by atoms with Crippen LogP contribution in [0.4, 0.5) is 15.8 Å². The Morgan fingerprint density at radius 2 is 1.81 bits per heavy atom. The number of nitrogens with one attached hydrogen (secondary N) is 3. The number of piperidine rings is 1. The molecule has 0 radical (unpaired) electrons. The van der Waals surface area contributed by atoms with E-state index in [2.05, 4.69) is 17.2 Å². The number of carbonyl (C=O) groups excluding carboxylic acids is 2. The smallest absolute Gasteiger partial charge is 0.258 e. The third-order valence-corrected chi connectivity index (χ3v) is 8.01. The molecule has 0 unspecified atom stereocenters. The van der Waals surface area contributed by atoms with Gasteiger partial charge in [-0.1, -0.05) is 42.8 Å². The highest BCUT2D eigenvalue weighted by Crippen LogP contribution is 2.37. The van der Waals surface area contributed by atoms with Crippen molar-refractivity contribution in [3.8, 4) is 5.75 Å². The van der Waals surface area contributed by atoms with Gasteiger partial charge in [-0.3, -0.25) is 15.0 Å². The van der Waals surface area contributed by atoms with Crippen LogP contribution in [0.5, 0.6) is 5.75 Å². The standard InChI is InChI=1S/C32H37Cl2FN4O3/c1-6-21(17-28(36)39-13-9-8-10-14-39)16-26(35)23(7-2)31(40)38-30-27(42-5)18-25(34)20(4)29(30)32(41)37-22-11-12-24(33)19(3)15-22/h6,11-12,15-16,18,36H,1,7-10,13-14,17H2,2-5H3,(H,37,41)(H,38,40)/b21-16+,26-23-,36-28?. The Bertz CT molecular complexity index is 1450. The van der Waals surface area contributed by atoms with E-state index in [9.17, 15) is 9.59 Å². The summed E-state index contributed by atoms with van der Waals surface area (Å²) < 4.78 is 21.0. The molecule has 0 aromatic heterocycles. The van der Waals surface area contributed by atoms with Crippen molar-refractivity contribution in [2.24, 2.45) is 0 Å². The number of anilines is 2. The van der Waals surface area contributed by atoms with Crippen LogP contribution < -0.4 is 15.4 Å². The van der Waals surface area contributed by atoms with Gasteiger partial charge >= 0.3 is 0 Å². The van der Waals surface area contributed by atoms with Crippen LogP contribution in [0.3, 0.4) is 0 Å². The van der Waals surface area contributed by atoms with Crippen LogP contribution in [0.25, 0.3) is 0 Å². The number of likely N-dealkylation sites (tertiary alicyclic amines) is 1. The van der Waals surface area contributed by atoms with Crippen LogP contribution in [0, 0.1) is 19.3 Å². The molecule has 2 amide bonds. The molecule has 7 nitrogen and oxygen atoms in total. The molecule has 1 aliphatic rings. The van der Waals surface area contributed by atoms with Gasteiger partial charge in [-0.2, -0.15) is 0 Å². The van der Waals surface area contributed by atoms with Gasteiger partial charge in [0.15, 0.2) is 0 Å². The quantitative estimate of drug-likeness (QED) is 0.108. The first kappa shape index (κ1) is 32.9. The van der Waals surface area contributed by atoms with E-state index in [1.54, 1.807) is 32.0 Å². The van der Waals surface area contributed by atoms with Gasteiger partial charge in [-0.15, -0.1) is 0 Å². The fourth-order valence-corrected chi connectivity index (χ4v) is 5.05. The molecule has 1 heterocycles. The van der Waals surface area contributed by atoms with Crippen molar-refractivity contribution in [1.82, 2.24) is 4.90 Å². The van der Waals surface area contributed by atoms with Crippen molar-refractivity contribution in [3.05, 3.63) is 86.7 Å². The van der Waals surface area contributed by atoms with Crippen molar-refractivity contribution in [2.75, 3.05) is 30.8 Å². The number of amidine groups is 1. The van der Waals surface area contributed by atoms with Gasteiger partial charge in [0.25, 0.3) is 11.8 Å². The molecule has 3 N–H and O–H groups in total. The molecule has 2 aromatic rings. The van der Waals surface area contributed by atoms with Gasteiger partial charge in [0.1, 0.15) is 17.4 Å². The van der Waals surface area contributed by atoms with Crippen molar-refractivity contribution in [3.63, 3.8) is 0 Å². The lowest BCUT2D eigenvalue weighted by Crippen LogP contribution is -2.35. The predicted octanol–water partition coefficient (Wildman–Crippen LogP) is 8.41. The molecule has 0 spiro atoms. The first-order valence-corrected chi connectivity index (χ1v) is 14.6. The summed E-state index contributed by atoms with van der Waals surface area (Å²) in [6.45, 7) is 10.5. The predicted molar refractivity (Wildman–Crippen MR) is 170 cm³/mol. The highest BCUT2D eigenvalue weighted by Gasteiger charge is 2.25. The van der Waals surface area contributed by atoms with E-state index in [0.29, 0.717) is 27.7 Å². The molecule has 0 aliphatic carbocycles. The second kappa shape index (κ2) is 15.0. The Morgan fingerprint density at radius 3 is 2.40 bits per heavy atom. The largest absolute Gasteiger partial charge is 0.494 e. The fraction of sp³-hybridized carbons (Fsp3) is 0.344. The van der Waals surface area contributed by atoms with Gasteiger partial charge in [-0.25, -0.2) is 4.39 Å². The number of amides is 2. The number of ether oxygens (including phenoxy) is 1. The zero-order chi connectivity index (χ0) is 31.0. The number of nitrogens with zero attached hydrogens (tertiary/aromatic N) is 1. The molecule has 1 saturated heterocycles. The number of benzene rings is 2. The van der Waals surface area contributed by atoms with Crippen molar-refractivity contribution in [1.29, 1.82) is 5.41 Å². The van der Waals surface area contributed by atoms with Crippen LogP contribution >= 0.6 is 23.2 Å². The molecule has 42 heavy (non-hydrogen) atoms. The van der Waals surface area contributed by atoms with E-state index < -0.39 is 17.6 Å². The lowest BCUT2D eigenvalue weighted by molar-refractivity contribution is -0.113. The Balaban J connectivity index is 1.94. The van der Waals surface area contributed by atoms with Crippen LogP contribution in [-0.4, -0.2) is 42.7 Å². The minimum Gasteiger partial charge on any atom is -0.494 e. The molecule has 0 atom stereocenters. The summed E-state index contributed by atoms with van der Waals surface area (Å²) >= 11 is 12.5. The lowest BCUT2D eigenvalue weighted by atomic mass is 10.0. The third kappa shape index (κ3) is 8.01. The summed E-state index contributed by atoms with van der Waals surface area (Å²) in [5.74, 6) is -1.49. The molecule has 0 saturated carbocycles. The van der Waals surface area contributed by atoms with Gasteiger partial charge < -0.3 is 20.3 Å². The number of carbonyl (C=O) groups is 2. The Labute approximate surface area is 256 Å². The Hall–Kier alpha value is -3.62. The summed E-state index contributed by atoms with van der Waals surface area (Å²) in [6, 6.07) is 6.53. The van der Waals surface area contributed by atoms with Crippen LogP contribution in [0.2, 0.25) is 10.0 Å². The molecule has 224 valence electrons. The maximum absolute atomic E-state index is 15.6. The summed E-state index contributed by atoms with van der Waals surface area (Å²) in [7, 11) is 1.38. The fourth-order valence-electron chi connectivity index (χ4n) is 4.74. The van der Waals surface area contributed by atoms with Crippen molar-refractivity contribution in [2.45, 2.75) is 52.9 Å². The molecule has 1 aliphatic heterocycles. The number of aryl methyl sites for hydroxylation is 1. The number of methoxy groups -OCH3 is 1. The third-order valence-electron chi connectivity index (χ3n) is 7.19. The molecule has 2 aromatic carbocycles. The first-order chi connectivity index (χ1) is 20.0.